The molecule has 0 aliphatic heterocycles. The molecule has 0 amide bonds. The molecule has 0 fully saturated rings. The topological polar surface area (TPSA) is 29.3 Å². The molecule has 0 heterocycles. The summed E-state index contributed by atoms with van der Waals surface area (Å²) in [6.45, 7) is 1.23. The molecule has 19 heavy (non-hydrogen) atoms. The first-order valence-corrected chi connectivity index (χ1v) is 6.80. The van der Waals surface area contributed by atoms with Crippen molar-refractivity contribution >= 4 is 28.9 Å². The number of anilines is 1. The first kappa shape index (κ1) is 14.2. The van der Waals surface area contributed by atoms with Gasteiger partial charge in [0.1, 0.15) is 0 Å². The molecule has 0 radical (unpaired) electrons. The third-order valence-electron chi connectivity index (χ3n) is 3.01. The smallest absolute Gasteiger partial charge is 0.0471 e. The van der Waals surface area contributed by atoms with Crippen molar-refractivity contribution in [2.45, 2.75) is 13.1 Å². The van der Waals surface area contributed by atoms with Gasteiger partial charge in [-0.1, -0.05) is 41.4 Å². The van der Waals surface area contributed by atoms with Crippen LogP contribution in [0.5, 0.6) is 0 Å². The molecule has 0 aliphatic rings. The Morgan fingerprint density at radius 3 is 2.53 bits per heavy atom. The lowest BCUT2D eigenvalue weighted by molar-refractivity contribution is 0.921. The van der Waals surface area contributed by atoms with Gasteiger partial charge >= 0.3 is 0 Å². The van der Waals surface area contributed by atoms with E-state index in [-0.39, 0.29) is 0 Å². The Labute approximate surface area is 123 Å². The van der Waals surface area contributed by atoms with Gasteiger partial charge in [-0.3, -0.25) is 0 Å². The minimum atomic E-state index is 0.455. The van der Waals surface area contributed by atoms with Gasteiger partial charge in [-0.05, 0) is 35.4 Å². The second-order valence-corrected chi connectivity index (χ2v) is 5.31. The van der Waals surface area contributed by atoms with Gasteiger partial charge in [0.15, 0.2) is 0 Å². The standard InChI is InChI=1S/C15H16Cl2N2/c1-19(10-11-3-2-4-13(16)7-11)14-6-5-12(9-18)15(17)8-14/h2-8H,9-10,18H2,1H3. The number of nitrogens with two attached hydrogens (primary N) is 1. The van der Waals surface area contributed by atoms with E-state index in [2.05, 4.69) is 11.0 Å². The summed E-state index contributed by atoms with van der Waals surface area (Å²) >= 11 is 12.2. The molecular weight excluding hydrogens is 279 g/mol. The normalized spacial score (nSPS) is 10.5. The molecule has 0 aliphatic carbocycles. The van der Waals surface area contributed by atoms with Crippen LogP contribution < -0.4 is 10.6 Å². The molecule has 0 saturated carbocycles. The fourth-order valence-electron chi connectivity index (χ4n) is 1.94. The van der Waals surface area contributed by atoms with Crippen LogP contribution in [0.25, 0.3) is 0 Å². The lowest BCUT2D eigenvalue weighted by Crippen LogP contribution is -2.16. The van der Waals surface area contributed by atoms with Crippen LogP contribution in [0.3, 0.4) is 0 Å². The van der Waals surface area contributed by atoms with Crippen molar-refractivity contribution in [1.29, 1.82) is 0 Å². The summed E-state index contributed by atoms with van der Waals surface area (Å²) in [5.41, 5.74) is 8.78. The Morgan fingerprint density at radius 1 is 1.11 bits per heavy atom. The van der Waals surface area contributed by atoms with E-state index < -0.39 is 0 Å². The van der Waals surface area contributed by atoms with Gasteiger partial charge in [0, 0.05) is 35.9 Å². The molecule has 0 saturated heterocycles. The first-order chi connectivity index (χ1) is 9.10. The highest BCUT2D eigenvalue weighted by atomic mass is 35.5. The van der Waals surface area contributed by atoms with E-state index in [9.17, 15) is 0 Å². The highest BCUT2D eigenvalue weighted by Crippen LogP contribution is 2.24. The Bertz CT molecular complexity index is 570. The molecule has 100 valence electrons. The van der Waals surface area contributed by atoms with Gasteiger partial charge in [-0.15, -0.1) is 0 Å². The van der Waals surface area contributed by atoms with Crippen molar-refractivity contribution in [3.05, 3.63) is 63.6 Å². The van der Waals surface area contributed by atoms with Crippen molar-refractivity contribution in [3.63, 3.8) is 0 Å². The fourth-order valence-corrected chi connectivity index (χ4v) is 2.40. The van der Waals surface area contributed by atoms with Gasteiger partial charge in [-0.25, -0.2) is 0 Å². The van der Waals surface area contributed by atoms with Crippen LogP contribution >= 0.6 is 23.2 Å². The molecule has 0 spiro atoms. The van der Waals surface area contributed by atoms with E-state index in [0.29, 0.717) is 11.6 Å². The van der Waals surface area contributed by atoms with Crippen LogP contribution in [0.4, 0.5) is 5.69 Å². The predicted octanol–water partition coefficient (Wildman–Crippen LogP) is 4.09. The molecule has 2 aromatic carbocycles. The SMILES string of the molecule is CN(Cc1cccc(Cl)c1)c1ccc(CN)c(Cl)c1. The average molecular weight is 295 g/mol. The molecule has 2 aromatic rings. The lowest BCUT2D eigenvalue weighted by Gasteiger charge is -2.20. The van der Waals surface area contributed by atoms with E-state index >= 15 is 0 Å². The highest BCUT2D eigenvalue weighted by Gasteiger charge is 2.05. The summed E-state index contributed by atoms with van der Waals surface area (Å²) in [4.78, 5) is 2.12. The maximum atomic E-state index is 6.17. The van der Waals surface area contributed by atoms with Crippen LogP contribution in [0.15, 0.2) is 42.5 Å². The first-order valence-electron chi connectivity index (χ1n) is 6.04. The predicted molar refractivity (Wildman–Crippen MR) is 82.9 cm³/mol. The van der Waals surface area contributed by atoms with Crippen molar-refractivity contribution in [2.24, 2.45) is 5.73 Å². The van der Waals surface area contributed by atoms with Crippen molar-refractivity contribution in [1.82, 2.24) is 0 Å². The maximum absolute atomic E-state index is 6.17. The number of benzene rings is 2. The summed E-state index contributed by atoms with van der Waals surface area (Å²) in [6, 6.07) is 13.8. The van der Waals surface area contributed by atoms with Crippen LogP contribution in [0, 0.1) is 0 Å². The molecule has 0 aromatic heterocycles. The van der Waals surface area contributed by atoms with Gasteiger partial charge in [0.25, 0.3) is 0 Å². The summed E-state index contributed by atoms with van der Waals surface area (Å²) in [6.07, 6.45) is 0. The van der Waals surface area contributed by atoms with Gasteiger partial charge in [0.05, 0.1) is 0 Å². The van der Waals surface area contributed by atoms with Crippen LogP contribution in [-0.4, -0.2) is 7.05 Å². The van der Waals surface area contributed by atoms with Gasteiger partial charge in [-0.2, -0.15) is 0 Å². The van der Waals surface area contributed by atoms with Crippen molar-refractivity contribution in [3.8, 4) is 0 Å². The second kappa shape index (κ2) is 6.29. The Hall–Kier alpha value is -1.22. The molecule has 0 unspecified atom stereocenters. The molecular formula is C15H16Cl2N2. The minimum Gasteiger partial charge on any atom is -0.370 e. The zero-order valence-corrected chi connectivity index (χ0v) is 12.2. The summed E-state index contributed by atoms with van der Waals surface area (Å²) < 4.78 is 0. The zero-order valence-electron chi connectivity index (χ0n) is 10.7. The lowest BCUT2D eigenvalue weighted by atomic mass is 10.1. The third kappa shape index (κ3) is 3.63. The largest absolute Gasteiger partial charge is 0.370 e. The second-order valence-electron chi connectivity index (χ2n) is 4.47. The molecule has 4 heteroatoms. The monoisotopic (exact) mass is 294 g/mol. The van der Waals surface area contributed by atoms with E-state index in [1.807, 2.05) is 43.4 Å². The Morgan fingerprint density at radius 2 is 1.89 bits per heavy atom. The minimum absolute atomic E-state index is 0.455. The van der Waals surface area contributed by atoms with Crippen LogP contribution in [0.2, 0.25) is 10.0 Å². The molecule has 0 bridgehead atoms. The van der Waals surface area contributed by atoms with E-state index in [0.717, 1.165) is 28.4 Å². The molecule has 0 atom stereocenters. The Balaban J connectivity index is 2.15. The third-order valence-corrected chi connectivity index (χ3v) is 3.59. The average Bonchev–Trinajstić information content (AvgIpc) is 2.38. The summed E-state index contributed by atoms with van der Waals surface area (Å²) in [5, 5.41) is 1.46. The van der Waals surface area contributed by atoms with E-state index in [1.165, 1.54) is 0 Å². The fraction of sp³-hybridized carbons (Fsp3) is 0.200. The van der Waals surface area contributed by atoms with Gasteiger partial charge in [0.2, 0.25) is 0 Å². The molecule has 2 rings (SSSR count). The maximum Gasteiger partial charge on any atom is 0.0471 e. The van der Waals surface area contributed by atoms with Crippen LogP contribution in [0.1, 0.15) is 11.1 Å². The quantitative estimate of drug-likeness (QED) is 0.920. The van der Waals surface area contributed by atoms with E-state index in [1.54, 1.807) is 0 Å². The van der Waals surface area contributed by atoms with Crippen LogP contribution in [-0.2, 0) is 13.1 Å². The number of nitrogens with zero attached hydrogens (tertiary/aromatic N) is 1. The van der Waals surface area contributed by atoms with E-state index in [4.69, 9.17) is 28.9 Å². The number of hydrogen-bond acceptors (Lipinski definition) is 2. The molecule has 2 nitrogen and oxygen atoms in total. The zero-order chi connectivity index (χ0) is 13.8. The summed E-state index contributed by atoms with van der Waals surface area (Å²) in [7, 11) is 2.02. The Kier molecular flexibility index (Phi) is 4.70. The number of hydrogen-bond donors (Lipinski definition) is 1. The van der Waals surface area contributed by atoms with Gasteiger partial charge < -0.3 is 10.6 Å². The number of halogens is 2. The highest BCUT2D eigenvalue weighted by molar-refractivity contribution is 6.31. The number of rotatable bonds is 4. The molecule has 2 N–H and O–H groups in total. The summed E-state index contributed by atoms with van der Waals surface area (Å²) in [5.74, 6) is 0. The van der Waals surface area contributed by atoms with Crippen molar-refractivity contribution in [2.75, 3.05) is 11.9 Å². The van der Waals surface area contributed by atoms with Crippen molar-refractivity contribution < 1.29 is 0 Å².